The van der Waals surface area contributed by atoms with E-state index in [1.807, 2.05) is 25.1 Å². The maximum absolute atomic E-state index is 12.2. The fourth-order valence-corrected chi connectivity index (χ4v) is 3.13. The molecule has 1 aliphatic heterocycles. The number of fused-ring (bicyclic) bond motifs is 1. The highest BCUT2D eigenvalue weighted by molar-refractivity contribution is 8.00. The predicted octanol–water partition coefficient (Wildman–Crippen LogP) is 2.38. The van der Waals surface area contributed by atoms with Crippen LogP contribution in [0.5, 0.6) is 0 Å². The molecule has 1 aliphatic rings. The lowest BCUT2D eigenvalue weighted by Gasteiger charge is -2.26. The summed E-state index contributed by atoms with van der Waals surface area (Å²) in [6.07, 6.45) is 0.358. The Morgan fingerprint density at radius 1 is 1.50 bits per heavy atom. The van der Waals surface area contributed by atoms with Crippen molar-refractivity contribution in [3.63, 3.8) is 0 Å². The summed E-state index contributed by atoms with van der Waals surface area (Å²) >= 11 is 1.61. The van der Waals surface area contributed by atoms with Gasteiger partial charge in [0.15, 0.2) is 0 Å². The second kappa shape index (κ2) is 5.02. The molecule has 0 spiro atoms. The zero-order chi connectivity index (χ0) is 13.3. The first-order chi connectivity index (χ1) is 8.50. The second-order valence-electron chi connectivity index (χ2n) is 4.38. The third kappa shape index (κ3) is 2.36. The number of hydrogen-bond acceptors (Lipinski definition) is 3. The Labute approximate surface area is 110 Å². The van der Waals surface area contributed by atoms with Crippen LogP contribution in [0.25, 0.3) is 0 Å². The number of carboxylic acid groups (broad SMARTS) is 1. The summed E-state index contributed by atoms with van der Waals surface area (Å²) in [6.45, 7) is 3.52. The van der Waals surface area contributed by atoms with Crippen molar-refractivity contribution in [2.24, 2.45) is 0 Å². The highest BCUT2D eigenvalue weighted by Crippen LogP contribution is 2.38. The summed E-state index contributed by atoms with van der Waals surface area (Å²) in [4.78, 5) is 25.7. The van der Waals surface area contributed by atoms with Gasteiger partial charge in [0.2, 0.25) is 5.91 Å². The van der Waals surface area contributed by atoms with E-state index in [2.05, 4.69) is 0 Å². The van der Waals surface area contributed by atoms with Crippen molar-refractivity contribution >= 4 is 29.3 Å². The molecule has 96 valence electrons. The van der Waals surface area contributed by atoms with Crippen molar-refractivity contribution in [3.8, 4) is 0 Å². The van der Waals surface area contributed by atoms with E-state index in [0.717, 1.165) is 4.90 Å². The average Bonchev–Trinajstić information content (AvgIpc) is 2.42. The molecule has 0 bridgehead atoms. The number of aliphatic carboxylic acids is 1. The molecule has 0 aliphatic carbocycles. The van der Waals surface area contributed by atoms with Crippen LogP contribution < -0.4 is 4.90 Å². The Bertz CT molecular complexity index is 489. The largest absolute Gasteiger partial charge is 0.480 e. The predicted molar refractivity (Wildman–Crippen MR) is 71.0 cm³/mol. The second-order valence-corrected chi connectivity index (χ2v) is 5.86. The molecule has 2 atom stereocenters. The van der Waals surface area contributed by atoms with E-state index >= 15 is 0 Å². The molecule has 18 heavy (non-hydrogen) atoms. The fraction of sp³-hybridized carbons (Fsp3) is 0.385. The number of carbonyl (C=O) groups excluding carboxylic acids is 1. The molecule has 1 N–H and O–H groups in total. The third-order valence-electron chi connectivity index (χ3n) is 2.93. The number of nitrogens with zero attached hydrogens (tertiary/aromatic N) is 1. The molecular weight excluding hydrogens is 250 g/mol. The number of carbonyl (C=O) groups is 2. The summed E-state index contributed by atoms with van der Waals surface area (Å²) in [5.41, 5.74) is 0.701. The maximum Gasteiger partial charge on any atom is 0.326 e. The van der Waals surface area contributed by atoms with Crippen LogP contribution in [0.3, 0.4) is 0 Å². The number of carboxylic acids is 1. The van der Waals surface area contributed by atoms with Crippen LogP contribution in [-0.2, 0) is 9.59 Å². The molecule has 4 nitrogen and oxygen atoms in total. The normalized spacial score (nSPS) is 21.1. The molecule has 0 saturated heterocycles. The van der Waals surface area contributed by atoms with Crippen LogP contribution >= 0.6 is 11.8 Å². The van der Waals surface area contributed by atoms with Crippen LogP contribution in [-0.4, -0.2) is 28.3 Å². The molecular formula is C13H15NO3S. The van der Waals surface area contributed by atoms with Gasteiger partial charge in [-0.25, -0.2) is 4.79 Å². The lowest BCUT2D eigenvalue weighted by Crippen LogP contribution is -2.43. The van der Waals surface area contributed by atoms with Gasteiger partial charge in [0, 0.05) is 16.6 Å². The summed E-state index contributed by atoms with van der Waals surface area (Å²) in [6, 6.07) is 6.61. The van der Waals surface area contributed by atoms with Crippen molar-refractivity contribution in [2.75, 3.05) is 4.90 Å². The van der Waals surface area contributed by atoms with E-state index in [0.29, 0.717) is 12.1 Å². The van der Waals surface area contributed by atoms with Gasteiger partial charge in [0.25, 0.3) is 0 Å². The van der Waals surface area contributed by atoms with Crippen molar-refractivity contribution < 1.29 is 14.7 Å². The van der Waals surface area contributed by atoms with E-state index in [1.165, 1.54) is 11.8 Å². The van der Waals surface area contributed by atoms with Gasteiger partial charge in [-0.15, -0.1) is 11.8 Å². The Morgan fingerprint density at radius 2 is 2.17 bits per heavy atom. The van der Waals surface area contributed by atoms with Gasteiger partial charge >= 0.3 is 5.97 Å². The van der Waals surface area contributed by atoms with Crippen LogP contribution in [0.15, 0.2) is 29.2 Å². The number of thioether (sulfide) groups is 1. The van der Waals surface area contributed by atoms with Gasteiger partial charge in [-0.2, -0.15) is 0 Å². The van der Waals surface area contributed by atoms with Crippen LogP contribution in [0.1, 0.15) is 20.3 Å². The number of amides is 1. The first-order valence-electron chi connectivity index (χ1n) is 5.81. The zero-order valence-electron chi connectivity index (χ0n) is 10.3. The lowest BCUT2D eigenvalue weighted by molar-refractivity contribution is -0.139. The van der Waals surface area contributed by atoms with Gasteiger partial charge < -0.3 is 5.11 Å². The molecule has 2 unspecified atom stereocenters. The number of para-hydroxylation sites is 1. The molecule has 0 saturated carbocycles. The van der Waals surface area contributed by atoms with Gasteiger partial charge in [0.05, 0.1) is 5.69 Å². The Kier molecular flexibility index (Phi) is 3.61. The van der Waals surface area contributed by atoms with Gasteiger partial charge in [0.1, 0.15) is 6.04 Å². The molecule has 0 aromatic heterocycles. The number of hydrogen-bond donors (Lipinski definition) is 1. The molecule has 1 heterocycles. The maximum atomic E-state index is 12.2. The highest BCUT2D eigenvalue weighted by atomic mass is 32.2. The minimum Gasteiger partial charge on any atom is -0.480 e. The standard InChI is InChI=1S/C13H15NO3S/c1-8-7-12(15)14(9(2)13(16)17)10-5-3-4-6-11(10)18-8/h3-6,8-9H,7H2,1-2H3,(H,16,17). The molecule has 1 aromatic rings. The van der Waals surface area contributed by atoms with Crippen molar-refractivity contribution in [1.29, 1.82) is 0 Å². The molecule has 1 amide bonds. The Hall–Kier alpha value is -1.49. The van der Waals surface area contributed by atoms with E-state index < -0.39 is 12.0 Å². The minimum atomic E-state index is -0.988. The molecule has 5 heteroatoms. The topological polar surface area (TPSA) is 57.6 Å². The first kappa shape index (κ1) is 13.0. The summed E-state index contributed by atoms with van der Waals surface area (Å²) < 4.78 is 0. The SMILES string of the molecule is CC1CC(=O)N(C(C)C(=O)O)c2ccccc2S1. The van der Waals surface area contributed by atoms with Crippen LogP contribution in [0.4, 0.5) is 5.69 Å². The quantitative estimate of drug-likeness (QED) is 0.892. The van der Waals surface area contributed by atoms with E-state index in [9.17, 15) is 9.59 Å². The molecule has 0 fully saturated rings. The van der Waals surface area contributed by atoms with E-state index in [1.54, 1.807) is 17.8 Å². The van der Waals surface area contributed by atoms with E-state index in [4.69, 9.17) is 5.11 Å². The van der Waals surface area contributed by atoms with Crippen molar-refractivity contribution in [3.05, 3.63) is 24.3 Å². The van der Waals surface area contributed by atoms with Crippen LogP contribution in [0.2, 0.25) is 0 Å². The van der Waals surface area contributed by atoms with Crippen molar-refractivity contribution in [1.82, 2.24) is 0 Å². The van der Waals surface area contributed by atoms with Gasteiger partial charge in [-0.05, 0) is 19.1 Å². The summed E-state index contributed by atoms with van der Waals surface area (Å²) in [7, 11) is 0. The van der Waals surface area contributed by atoms with Gasteiger partial charge in [-0.3, -0.25) is 9.69 Å². The summed E-state index contributed by atoms with van der Waals surface area (Å²) in [5.74, 6) is -1.12. The van der Waals surface area contributed by atoms with Gasteiger partial charge in [-0.1, -0.05) is 19.1 Å². The monoisotopic (exact) mass is 265 g/mol. The number of rotatable bonds is 2. The zero-order valence-corrected chi connectivity index (χ0v) is 11.1. The first-order valence-corrected chi connectivity index (χ1v) is 6.69. The summed E-state index contributed by atoms with van der Waals surface area (Å²) in [5, 5.41) is 9.29. The Morgan fingerprint density at radius 3 is 2.83 bits per heavy atom. The minimum absolute atomic E-state index is 0.130. The third-order valence-corrected chi connectivity index (χ3v) is 4.10. The fourth-order valence-electron chi connectivity index (χ4n) is 2.03. The average molecular weight is 265 g/mol. The lowest BCUT2D eigenvalue weighted by atomic mass is 10.2. The smallest absolute Gasteiger partial charge is 0.326 e. The van der Waals surface area contributed by atoms with Crippen molar-refractivity contribution in [2.45, 2.75) is 36.5 Å². The number of benzene rings is 1. The number of anilines is 1. The molecule has 1 aromatic carbocycles. The Balaban J connectivity index is 2.49. The van der Waals surface area contributed by atoms with Crippen LogP contribution in [0, 0.1) is 0 Å². The van der Waals surface area contributed by atoms with E-state index in [-0.39, 0.29) is 11.2 Å². The highest BCUT2D eigenvalue weighted by Gasteiger charge is 2.32. The molecule has 2 rings (SSSR count). The molecule has 0 radical (unpaired) electrons.